The molecule has 2 aromatic rings. The molecule has 0 fully saturated rings. The van der Waals surface area contributed by atoms with Gasteiger partial charge < -0.3 is 4.74 Å². The Morgan fingerprint density at radius 1 is 1.53 bits per heavy atom. The Balaban J connectivity index is 2.78. The van der Waals surface area contributed by atoms with Crippen LogP contribution in [0.15, 0.2) is 10.9 Å². The third-order valence-electron chi connectivity index (χ3n) is 2.12. The van der Waals surface area contributed by atoms with E-state index in [1.807, 2.05) is 13.8 Å². The fraction of sp³-hybridized carbons (Fsp3) is 0.444. The highest BCUT2D eigenvalue weighted by atomic mass is 16.5. The Morgan fingerprint density at radius 3 is 2.87 bits per heavy atom. The Morgan fingerprint density at radius 2 is 2.27 bits per heavy atom. The van der Waals surface area contributed by atoms with Crippen molar-refractivity contribution < 1.29 is 4.74 Å². The Labute approximate surface area is 85.9 Å². The lowest BCUT2D eigenvalue weighted by Gasteiger charge is -2.05. The zero-order chi connectivity index (χ0) is 11.0. The van der Waals surface area contributed by atoms with Gasteiger partial charge in [0.25, 0.3) is 5.56 Å². The second-order valence-corrected chi connectivity index (χ2v) is 3.55. The first-order chi connectivity index (χ1) is 7.11. The first kappa shape index (κ1) is 9.70. The van der Waals surface area contributed by atoms with Gasteiger partial charge >= 0.3 is 6.01 Å². The number of rotatable bonds is 2. The molecule has 0 atom stereocenters. The summed E-state index contributed by atoms with van der Waals surface area (Å²) in [4.78, 5) is 17.9. The maximum atomic E-state index is 11.3. The van der Waals surface area contributed by atoms with Crippen molar-refractivity contribution in [1.29, 1.82) is 0 Å². The number of hydrogen-bond acceptors (Lipinski definition) is 4. The van der Waals surface area contributed by atoms with Gasteiger partial charge in [0.15, 0.2) is 0 Å². The van der Waals surface area contributed by atoms with Crippen LogP contribution in [-0.2, 0) is 0 Å². The molecule has 0 amide bonds. The SMILES string of the molecule is COc1nc2[nH]c(=O)cc(C(C)C)n2n1. The molecule has 6 nitrogen and oxygen atoms in total. The molecule has 2 rings (SSSR count). The van der Waals surface area contributed by atoms with Crippen molar-refractivity contribution in [3.05, 3.63) is 22.1 Å². The van der Waals surface area contributed by atoms with E-state index in [1.54, 1.807) is 4.52 Å². The zero-order valence-electron chi connectivity index (χ0n) is 8.81. The summed E-state index contributed by atoms with van der Waals surface area (Å²) in [6, 6.07) is 1.77. The monoisotopic (exact) mass is 208 g/mol. The molecule has 80 valence electrons. The van der Waals surface area contributed by atoms with Crippen molar-refractivity contribution in [2.45, 2.75) is 19.8 Å². The van der Waals surface area contributed by atoms with Gasteiger partial charge in [0.1, 0.15) is 0 Å². The van der Waals surface area contributed by atoms with Gasteiger partial charge in [-0.3, -0.25) is 9.78 Å². The average molecular weight is 208 g/mol. The third-order valence-corrected chi connectivity index (χ3v) is 2.12. The van der Waals surface area contributed by atoms with Gasteiger partial charge in [-0.1, -0.05) is 13.8 Å². The smallest absolute Gasteiger partial charge is 0.337 e. The predicted octanol–water partition coefficient (Wildman–Crippen LogP) is 0.550. The van der Waals surface area contributed by atoms with Crippen molar-refractivity contribution in [3.63, 3.8) is 0 Å². The van der Waals surface area contributed by atoms with Crippen LogP contribution in [-0.4, -0.2) is 26.7 Å². The molecule has 6 heteroatoms. The van der Waals surface area contributed by atoms with Crippen LogP contribution in [0.25, 0.3) is 5.78 Å². The summed E-state index contributed by atoms with van der Waals surface area (Å²) in [7, 11) is 1.49. The minimum atomic E-state index is -0.179. The van der Waals surface area contributed by atoms with Crippen LogP contribution in [0.1, 0.15) is 25.5 Å². The molecule has 0 aromatic carbocycles. The van der Waals surface area contributed by atoms with E-state index in [4.69, 9.17) is 4.74 Å². The van der Waals surface area contributed by atoms with Crippen molar-refractivity contribution in [2.24, 2.45) is 0 Å². The van der Waals surface area contributed by atoms with Gasteiger partial charge in [-0.25, -0.2) is 0 Å². The van der Waals surface area contributed by atoms with Crippen molar-refractivity contribution in [3.8, 4) is 6.01 Å². The number of nitrogens with one attached hydrogen (secondary N) is 1. The summed E-state index contributed by atoms with van der Waals surface area (Å²) >= 11 is 0. The number of methoxy groups -OCH3 is 1. The van der Waals surface area contributed by atoms with E-state index >= 15 is 0 Å². The third kappa shape index (κ3) is 1.58. The van der Waals surface area contributed by atoms with Crippen LogP contribution in [0.4, 0.5) is 0 Å². The van der Waals surface area contributed by atoms with Gasteiger partial charge in [0.2, 0.25) is 5.78 Å². The number of aromatic amines is 1. The molecular weight excluding hydrogens is 196 g/mol. The van der Waals surface area contributed by atoms with Gasteiger partial charge in [-0.15, -0.1) is 5.10 Å². The lowest BCUT2D eigenvalue weighted by atomic mass is 10.1. The largest absolute Gasteiger partial charge is 0.466 e. The molecule has 0 spiro atoms. The van der Waals surface area contributed by atoms with Gasteiger partial charge in [0, 0.05) is 6.07 Å². The first-order valence-corrected chi connectivity index (χ1v) is 4.66. The van der Waals surface area contributed by atoms with Crippen LogP contribution >= 0.6 is 0 Å². The predicted molar refractivity (Wildman–Crippen MR) is 54.2 cm³/mol. The maximum Gasteiger partial charge on any atom is 0.337 e. The highest BCUT2D eigenvalue weighted by molar-refractivity contribution is 5.30. The standard InChI is InChI=1S/C9H12N4O2/c1-5(2)6-4-7(14)10-8-11-9(15-3)12-13(6)8/h4-5H,1-3H3,(H,10,11,12,14). The summed E-state index contributed by atoms with van der Waals surface area (Å²) in [5.74, 6) is 0.601. The number of aromatic nitrogens is 4. The summed E-state index contributed by atoms with van der Waals surface area (Å²) < 4.78 is 6.50. The lowest BCUT2D eigenvalue weighted by Crippen LogP contribution is -2.13. The van der Waals surface area contributed by atoms with E-state index in [0.29, 0.717) is 5.78 Å². The quantitative estimate of drug-likeness (QED) is 0.782. The summed E-state index contributed by atoms with van der Waals surface area (Å²) in [5.41, 5.74) is 0.630. The Bertz CT molecular complexity index is 541. The first-order valence-electron chi connectivity index (χ1n) is 4.66. The van der Waals surface area contributed by atoms with Gasteiger partial charge in [-0.2, -0.15) is 9.50 Å². The van der Waals surface area contributed by atoms with Crippen molar-refractivity contribution in [2.75, 3.05) is 7.11 Å². The molecule has 1 N–H and O–H groups in total. The molecule has 15 heavy (non-hydrogen) atoms. The molecule has 0 radical (unpaired) electrons. The Hall–Kier alpha value is -1.85. The number of ether oxygens (including phenoxy) is 1. The fourth-order valence-electron chi connectivity index (χ4n) is 1.39. The van der Waals surface area contributed by atoms with E-state index in [1.165, 1.54) is 13.2 Å². The summed E-state index contributed by atoms with van der Waals surface area (Å²) in [6.07, 6.45) is 0. The lowest BCUT2D eigenvalue weighted by molar-refractivity contribution is 0.380. The van der Waals surface area contributed by atoms with Gasteiger partial charge in [0.05, 0.1) is 12.8 Å². The normalized spacial score (nSPS) is 11.2. The second-order valence-electron chi connectivity index (χ2n) is 3.55. The number of H-pyrrole nitrogens is 1. The highest BCUT2D eigenvalue weighted by Crippen LogP contribution is 2.13. The van der Waals surface area contributed by atoms with E-state index in [-0.39, 0.29) is 17.5 Å². The van der Waals surface area contributed by atoms with Crippen molar-refractivity contribution >= 4 is 5.78 Å². The van der Waals surface area contributed by atoms with Crippen LogP contribution in [0.3, 0.4) is 0 Å². The zero-order valence-corrected chi connectivity index (χ0v) is 8.81. The van der Waals surface area contributed by atoms with Crippen LogP contribution in [0.5, 0.6) is 6.01 Å². The fourth-order valence-corrected chi connectivity index (χ4v) is 1.39. The van der Waals surface area contributed by atoms with E-state index < -0.39 is 0 Å². The molecule has 0 aliphatic carbocycles. The second kappa shape index (κ2) is 3.38. The minimum absolute atomic E-state index is 0.179. The average Bonchev–Trinajstić information content (AvgIpc) is 2.58. The van der Waals surface area contributed by atoms with Crippen LogP contribution in [0, 0.1) is 0 Å². The number of nitrogens with zero attached hydrogens (tertiary/aromatic N) is 3. The number of hydrogen-bond donors (Lipinski definition) is 1. The molecular formula is C9H12N4O2. The molecule has 0 aliphatic rings. The topological polar surface area (TPSA) is 72.3 Å². The Kier molecular flexibility index (Phi) is 2.18. The molecule has 0 saturated carbocycles. The molecule has 0 aliphatic heterocycles. The highest BCUT2D eigenvalue weighted by Gasteiger charge is 2.11. The molecule has 2 aromatic heterocycles. The molecule has 0 saturated heterocycles. The maximum absolute atomic E-state index is 11.3. The van der Waals surface area contributed by atoms with Crippen LogP contribution in [0.2, 0.25) is 0 Å². The van der Waals surface area contributed by atoms with Crippen LogP contribution < -0.4 is 10.3 Å². The molecule has 2 heterocycles. The van der Waals surface area contributed by atoms with E-state index in [9.17, 15) is 4.79 Å². The molecule has 0 bridgehead atoms. The summed E-state index contributed by atoms with van der Waals surface area (Å²) in [5, 5.41) is 4.11. The van der Waals surface area contributed by atoms with E-state index in [0.717, 1.165) is 5.69 Å². The number of fused-ring (bicyclic) bond motifs is 1. The summed E-state index contributed by atoms with van der Waals surface area (Å²) in [6.45, 7) is 3.98. The van der Waals surface area contributed by atoms with Crippen molar-refractivity contribution in [1.82, 2.24) is 19.6 Å². The van der Waals surface area contributed by atoms with Gasteiger partial charge in [-0.05, 0) is 5.92 Å². The van der Waals surface area contributed by atoms with E-state index in [2.05, 4.69) is 15.1 Å². The molecule has 0 unspecified atom stereocenters. The minimum Gasteiger partial charge on any atom is -0.466 e.